The second-order valence-corrected chi connectivity index (χ2v) is 10.4. The van der Waals surface area contributed by atoms with Crippen LogP contribution in [0.4, 0.5) is 18.9 Å². The summed E-state index contributed by atoms with van der Waals surface area (Å²) in [6.45, 7) is 0.987. The topological polar surface area (TPSA) is 83.5 Å². The summed E-state index contributed by atoms with van der Waals surface area (Å²) in [5.74, 6) is 0. The summed E-state index contributed by atoms with van der Waals surface area (Å²) < 4.78 is 88.5. The molecule has 2 aromatic rings. The summed E-state index contributed by atoms with van der Waals surface area (Å²) >= 11 is 0. The van der Waals surface area contributed by atoms with E-state index >= 15 is 0 Å². The number of benzene rings is 2. The van der Waals surface area contributed by atoms with Gasteiger partial charge in [-0.1, -0.05) is 24.3 Å². The third-order valence-corrected chi connectivity index (χ3v) is 8.05. The molecule has 2 aromatic carbocycles. The van der Waals surface area contributed by atoms with Gasteiger partial charge in [0.1, 0.15) is 0 Å². The van der Waals surface area contributed by atoms with Gasteiger partial charge in [0.15, 0.2) is 0 Å². The first-order chi connectivity index (χ1) is 13.5. The Balaban J connectivity index is 1.77. The van der Waals surface area contributed by atoms with Crippen LogP contribution in [0.5, 0.6) is 0 Å². The highest BCUT2D eigenvalue weighted by molar-refractivity contribution is 7.92. The number of hydrogen-bond donors (Lipinski definition) is 1. The standard InChI is InChI=1S/C18H19F3N2O4S2/c19-18(20,21)28(24,25)17-6-2-1-5-16(17)22-13-14-7-9-15(10-8-14)29(26,27)23-11-3-4-12-23/h1-2,5-10,22H,3-4,11-13H2. The normalized spacial score (nSPS) is 16.1. The van der Waals surface area contributed by atoms with Gasteiger partial charge in [0, 0.05) is 19.6 Å². The molecule has 3 rings (SSSR count). The molecular formula is C18H19F3N2O4S2. The van der Waals surface area contributed by atoms with E-state index in [4.69, 9.17) is 0 Å². The van der Waals surface area contributed by atoms with Gasteiger partial charge in [0.2, 0.25) is 10.0 Å². The summed E-state index contributed by atoms with van der Waals surface area (Å²) in [4.78, 5) is -0.719. The molecule has 1 aliphatic heterocycles. The van der Waals surface area contributed by atoms with Gasteiger partial charge in [-0.05, 0) is 42.7 Å². The molecule has 158 valence electrons. The smallest absolute Gasteiger partial charge is 0.380 e. The number of para-hydroxylation sites is 1. The molecule has 1 fully saturated rings. The summed E-state index contributed by atoms with van der Waals surface area (Å²) in [5, 5.41) is 2.68. The Hall–Kier alpha value is -2.11. The van der Waals surface area contributed by atoms with E-state index in [2.05, 4.69) is 5.32 Å². The second kappa shape index (κ2) is 7.96. The predicted octanol–water partition coefficient (Wildman–Crippen LogP) is 3.38. The van der Waals surface area contributed by atoms with Crippen molar-refractivity contribution in [3.8, 4) is 0 Å². The van der Waals surface area contributed by atoms with Crippen molar-refractivity contribution in [2.75, 3.05) is 18.4 Å². The molecule has 0 bridgehead atoms. The van der Waals surface area contributed by atoms with Gasteiger partial charge in [0.05, 0.1) is 15.5 Å². The minimum atomic E-state index is -5.49. The number of nitrogens with one attached hydrogen (secondary N) is 1. The van der Waals surface area contributed by atoms with Crippen LogP contribution in [0.3, 0.4) is 0 Å². The van der Waals surface area contributed by atoms with Crippen molar-refractivity contribution in [1.29, 1.82) is 0 Å². The summed E-state index contributed by atoms with van der Waals surface area (Å²) in [5.41, 5.74) is -5.00. The van der Waals surface area contributed by atoms with Crippen molar-refractivity contribution < 1.29 is 30.0 Å². The average molecular weight is 448 g/mol. The molecule has 0 aliphatic carbocycles. The molecule has 6 nitrogen and oxygen atoms in total. The van der Waals surface area contributed by atoms with E-state index in [1.54, 1.807) is 0 Å². The Morgan fingerprint density at radius 1 is 0.897 bits per heavy atom. The molecule has 0 unspecified atom stereocenters. The van der Waals surface area contributed by atoms with Crippen molar-refractivity contribution in [2.24, 2.45) is 0 Å². The number of rotatable bonds is 6. The van der Waals surface area contributed by atoms with Crippen LogP contribution in [0, 0.1) is 0 Å². The zero-order valence-electron chi connectivity index (χ0n) is 15.2. The van der Waals surface area contributed by atoms with E-state index in [1.165, 1.54) is 46.8 Å². The number of sulfone groups is 1. The summed E-state index contributed by atoms with van der Waals surface area (Å²) in [6.07, 6.45) is 1.64. The SMILES string of the molecule is O=S(=O)(c1ccc(CNc2ccccc2S(=O)(=O)C(F)(F)F)cc1)N1CCCC1. The molecule has 1 N–H and O–H groups in total. The van der Waals surface area contributed by atoms with Crippen LogP contribution in [-0.2, 0) is 26.4 Å². The maximum Gasteiger partial charge on any atom is 0.501 e. The van der Waals surface area contributed by atoms with E-state index in [0.29, 0.717) is 18.7 Å². The highest BCUT2D eigenvalue weighted by Gasteiger charge is 2.47. The molecule has 0 aromatic heterocycles. The molecule has 0 atom stereocenters. The van der Waals surface area contributed by atoms with E-state index in [-0.39, 0.29) is 17.1 Å². The maximum absolute atomic E-state index is 12.9. The van der Waals surface area contributed by atoms with Crippen molar-refractivity contribution in [3.63, 3.8) is 0 Å². The third kappa shape index (κ3) is 4.41. The fraction of sp³-hybridized carbons (Fsp3) is 0.333. The van der Waals surface area contributed by atoms with Crippen LogP contribution >= 0.6 is 0 Å². The fourth-order valence-electron chi connectivity index (χ4n) is 3.03. The van der Waals surface area contributed by atoms with Gasteiger partial charge in [-0.25, -0.2) is 16.8 Å². The van der Waals surface area contributed by atoms with Crippen LogP contribution < -0.4 is 5.32 Å². The molecular weight excluding hydrogens is 429 g/mol. The molecule has 0 spiro atoms. The third-order valence-electron chi connectivity index (χ3n) is 4.59. The zero-order chi connectivity index (χ0) is 21.3. The van der Waals surface area contributed by atoms with E-state index < -0.39 is 30.3 Å². The van der Waals surface area contributed by atoms with Crippen LogP contribution in [-0.4, -0.2) is 39.7 Å². The quantitative estimate of drug-likeness (QED) is 0.733. The lowest BCUT2D eigenvalue weighted by atomic mass is 10.2. The van der Waals surface area contributed by atoms with Crippen LogP contribution in [0.2, 0.25) is 0 Å². The van der Waals surface area contributed by atoms with Crippen molar-refractivity contribution in [2.45, 2.75) is 34.7 Å². The number of hydrogen-bond acceptors (Lipinski definition) is 5. The van der Waals surface area contributed by atoms with Crippen molar-refractivity contribution in [3.05, 3.63) is 54.1 Å². The van der Waals surface area contributed by atoms with E-state index in [0.717, 1.165) is 18.9 Å². The molecule has 0 radical (unpaired) electrons. The minimum absolute atomic E-state index is 0.0223. The Morgan fingerprint density at radius 3 is 2.07 bits per heavy atom. The second-order valence-electron chi connectivity index (χ2n) is 6.55. The fourth-order valence-corrected chi connectivity index (χ4v) is 5.48. The molecule has 1 saturated heterocycles. The zero-order valence-corrected chi connectivity index (χ0v) is 16.8. The largest absolute Gasteiger partial charge is 0.501 e. The first-order valence-corrected chi connectivity index (χ1v) is 11.7. The highest BCUT2D eigenvalue weighted by Crippen LogP contribution is 2.34. The average Bonchev–Trinajstić information content (AvgIpc) is 3.22. The number of sulfonamides is 1. The first-order valence-electron chi connectivity index (χ1n) is 8.77. The van der Waals surface area contributed by atoms with Gasteiger partial charge in [0.25, 0.3) is 9.84 Å². The highest BCUT2D eigenvalue weighted by atomic mass is 32.2. The van der Waals surface area contributed by atoms with Crippen molar-refractivity contribution >= 4 is 25.5 Å². The lowest BCUT2D eigenvalue weighted by molar-refractivity contribution is -0.0435. The van der Waals surface area contributed by atoms with Gasteiger partial charge in [-0.3, -0.25) is 0 Å². The Labute approximate surface area is 167 Å². The van der Waals surface area contributed by atoms with Gasteiger partial charge in [-0.2, -0.15) is 17.5 Å². The van der Waals surface area contributed by atoms with E-state index in [1.807, 2.05) is 0 Å². The number of halogens is 3. The summed E-state index contributed by atoms with van der Waals surface area (Å²) in [7, 11) is -9.05. The Kier molecular flexibility index (Phi) is 5.93. The predicted molar refractivity (Wildman–Crippen MR) is 101 cm³/mol. The van der Waals surface area contributed by atoms with Gasteiger partial charge < -0.3 is 5.32 Å². The number of nitrogens with zero attached hydrogens (tertiary/aromatic N) is 1. The Bertz CT molecular complexity index is 1080. The number of anilines is 1. The molecule has 29 heavy (non-hydrogen) atoms. The number of alkyl halides is 3. The maximum atomic E-state index is 12.9. The molecule has 1 heterocycles. The lowest BCUT2D eigenvalue weighted by Gasteiger charge is -2.16. The van der Waals surface area contributed by atoms with Crippen LogP contribution in [0.1, 0.15) is 18.4 Å². The molecule has 11 heteroatoms. The molecule has 0 amide bonds. The molecule has 0 saturated carbocycles. The minimum Gasteiger partial charge on any atom is -0.380 e. The molecule has 1 aliphatic rings. The van der Waals surface area contributed by atoms with Crippen molar-refractivity contribution in [1.82, 2.24) is 4.31 Å². The van der Waals surface area contributed by atoms with Gasteiger partial charge in [-0.15, -0.1) is 0 Å². The Morgan fingerprint density at radius 2 is 1.48 bits per heavy atom. The summed E-state index contributed by atoms with van der Waals surface area (Å²) in [6, 6.07) is 10.7. The van der Waals surface area contributed by atoms with Gasteiger partial charge >= 0.3 is 5.51 Å². The monoisotopic (exact) mass is 448 g/mol. The van der Waals surface area contributed by atoms with Crippen LogP contribution in [0.25, 0.3) is 0 Å². The van der Waals surface area contributed by atoms with Crippen LogP contribution in [0.15, 0.2) is 58.3 Å². The van der Waals surface area contributed by atoms with E-state index in [9.17, 15) is 30.0 Å². The lowest BCUT2D eigenvalue weighted by Crippen LogP contribution is -2.27. The first kappa shape index (κ1) is 21.6.